The Balaban J connectivity index is 2.22. The van der Waals surface area contributed by atoms with Crippen LogP contribution >= 0.6 is 11.3 Å². The highest BCUT2D eigenvalue weighted by molar-refractivity contribution is 7.22. The SMILES string of the molecule is Nc1nc2ccc(-c3[nH]ncc3N)cc2s1. The van der Waals surface area contributed by atoms with Gasteiger partial charge < -0.3 is 11.5 Å². The highest BCUT2D eigenvalue weighted by atomic mass is 32.1. The quantitative estimate of drug-likeness (QED) is 0.595. The first kappa shape index (κ1) is 9.17. The van der Waals surface area contributed by atoms with Crippen LogP contribution in [0, 0.1) is 0 Å². The molecule has 80 valence electrons. The average molecular weight is 231 g/mol. The van der Waals surface area contributed by atoms with Crippen LogP contribution in [0.15, 0.2) is 24.4 Å². The number of benzene rings is 1. The number of fused-ring (bicyclic) bond motifs is 1. The van der Waals surface area contributed by atoms with Gasteiger partial charge in [-0.1, -0.05) is 17.4 Å². The second kappa shape index (κ2) is 3.21. The van der Waals surface area contributed by atoms with Crippen LogP contribution in [-0.2, 0) is 0 Å². The fourth-order valence-corrected chi connectivity index (χ4v) is 2.40. The minimum atomic E-state index is 0.574. The molecule has 6 heteroatoms. The maximum absolute atomic E-state index is 5.79. The molecule has 3 rings (SSSR count). The van der Waals surface area contributed by atoms with E-state index in [-0.39, 0.29) is 0 Å². The van der Waals surface area contributed by atoms with E-state index in [1.807, 2.05) is 18.2 Å². The highest BCUT2D eigenvalue weighted by Crippen LogP contribution is 2.30. The molecule has 2 heterocycles. The fourth-order valence-electron chi connectivity index (χ4n) is 1.62. The minimum Gasteiger partial charge on any atom is -0.396 e. The number of aromatic nitrogens is 3. The number of aromatic amines is 1. The van der Waals surface area contributed by atoms with E-state index < -0.39 is 0 Å². The molecule has 5 N–H and O–H groups in total. The molecule has 0 aliphatic heterocycles. The van der Waals surface area contributed by atoms with Gasteiger partial charge in [0.25, 0.3) is 0 Å². The molecular weight excluding hydrogens is 222 g/mol. The summed E-state index contributed by atoms with van der Waals surface area (Å²) in [6, 6.07) is 5.89. The molecular formula is C10H9N5S. The standard InChI is InChI=1S/C10H9N5S/c11-6-4-13-15-9(6)5-1-2-7-8(3-5)16-10(12)14-7/h1-4H,11H2,(H2,12,14)(H,13,15). The number of rotatable bonds is 1. The van der Waals surface area contributed by atoms with Crippen LogP contribution < -0.4 is 11.5 Å². The molecule has 0 aliphatic carbocycles. The number of thiazole rings is 1. The molecule has 3 aromatic rings. The van der Waals surface area contributed by atoms with Gasteiger partial charge in [0.15, 0.2) is 5.13 Å². The van der Waals surface area contributed by atoms with Crippen LogP contribution in [0.4, 0.5) is 10.8 Å². The Morgan fingerprint density at radius 2 is 2.12 bits per heavy atom. The van der Waals surface area contributed by atoms with Crippen molar-refractivity contribution in [3.63, 3.8) is 0 Å². The van der Waals surface area contributed by atoms with Gasteiger partial charge in [-0.05, 0) is 12.1 Å². The van der Waals surface area contributed by atoms with Gasteiger partial charge in [0.05, 0.1) is 27.8 Å². The number of hydrogen-bond acceptors (Lipinski definition) is 5. The van der Waals surface area contributed by atoms with Crippen molar-refractivity contribution in [3.8, 4) is 11.3 Å². The predicted molar refractivity (Wildman–Crippen MR) is 66.0 cm³/mol. The van der Waals surface area contributed by atoms with Crippen LogP contribution in [0.1, 0.15) is 0 Å². The number of nitrogens with zero attached hydrogens (tertiary/aromatic N) is 2. The number of nitrogens with one attached hydrogen (secondary N) is 1. The summed E-state index contributed by atoms with van der Waals surface area (Å²) in [6.07, 6.45) is 1.60. The number of H-pyrrole nitrogens is 1. The molecule has 5 nitrogen and oxygen atoms in total. The normalized spacial score (nSPS) is 11.0. The van der Waals surface area contributed by atoms with Crippen LogP contribution in [0.3, 0.4) is 0 Å². The monoisotopic (exact) mass is 231 g/mol. The zero-order valence-corrected chi connectivity index (χ0v) is 9.08. The lowest BCUT2D eigenvalue weighted by molar-refractivity contribution is 1.10. The zero-order valence-electron chi connectivity index (χ0n) is 8.27. The van der Waals surface area contributed by atoms with E-state index in [0.29, 0.717) is 10.8 Å². The van der Waals surface area contributed by atoms with E-state index in [1.54, 1.807) is 6.20 Å². The molecule has 0 saturated heterocycles. The van der Waals surface area contributed by atoms with Crippen molar-refractivity contribution >= 4 is 32.4 Å². The van der Waals surface area contributed by atoms with E-state index in [9.17, 15) is 0 Å². The van der Waals surface area contributed by atoms with Crippen molar-refractivity contribution in [3.05, 3.63) is 24.4 Å². The van der Waals surface area contributed by atoms with Crippen molar-refractivity contribution < 1.29 is 0 Å². The third kappa shape index (κ3) is 1.31. The maximum Gasteiger partial charge on any atom is 0.181 e. The molecule has 2 aromatic heterocycles. The van der Waals surface area contributed by atoms with Gasteiger partial charge in [0.2, 0.25) is 0 Å². The first-order chi connectivity index (χ1) is 7.74. The number of nitrogens with two attached hydrogens (primary N) is 2. The van der Waals surface area contributed by atoms with Gasteiger partial charge in [0, 0.05) is 5.56 Å². The van der Waals surface area contributed by atoms with Gasteiger partial charge in [0.1, 0.15) is 0 Å². The van der Waals surface area contributed by atoms with Crippen molar-refractivity contribution in [2.24, 2.45) is 0 Å². The summed E-state index contributed by atoms with van der Waals surface area (Å²) in [5, 5.41) is 7.34. The van der Waals surface area contributed by atoms with E-state index in [1.165, 1.54) is 11.3 Å². The molecule has 0 amide bonds. The van der Waals surface area contributed by atoms with Crippen LogP contribution in [0.5, 0.6) is 0 Å². The average Bonchev–Trinajstić information content (AvgIpc) is 2.81. The second-order valence-electron chi connectivity index (χ2n) is 3.43. The summed E-state index contributed by atoms with van der Waals surface area (Å²) in [6.45, 7) is 0. The first-order valence-electron chi connectivity index (χ1n) is 4.69. The summed E-state index contributed by atoms with van der Waals surface area (Å²) < 4.78 is 1.05. The maximum atomic E-state index is 5.79. The Hall–Kier alpha value is -2.08. The summed E-state index contributed by atoms with van der Waals surface area (Å²) in [5.41, 5.74) is 14.8. The number of hydrogen-bond donors (Lipinski definition) is 3. The minimum absolute atomic E-state index is 0.574. The molecule has 16 heavy (non-hydrogen) atoms. The Morgan fingerprint density at radius 1 is 1.25 bits per heavy atom. The molecule has 0 unspecified atom stereocenters. The topological polar surface area (TPSA) is 93.6 Å². The molecule has 0 bridgehead atoms. The summed E-state index contributed by atoms with van der Waals surface area (Å²) in [5.74, 6) is 0. The van der Waals surface area contributed by atoms with Gasteiger partial charge in [-0.15, -0.1) is 0 Å². The number of anilines is 2. The summed E-state index contributed by atoms with van der Waals surface area (Å²) in [4.78, 5) is 4.20. The lowest BCUT2D eigenvalue weighted by Crippen LogP contribution is -1.86. The lowest BCUT2D eigenvalue weighted by atomic mass is 10.1. The zero-order chi connectivity index (χ0) is 11.1. The van der Waals surface area contributed by atoms with E-state index >= 15 is 0 Å². The van der Waals surface area contributed by atoms with Crippen molar-refractivity contribution in [1.82, 2.24) is 15.2 Å². The van der Waals surface area contributed by atoms with Gasteiger partial charge in [-0.2, -0.15) is 5.10 Å². The van der Waals surface area contributed by atoms with Crippen molar-refractivity contribution in [2.45, 2.75) is 0 Å². The van der Waals surface area contributed by atoms with Crippen LogP contribution in [0.25, 0.3) is 21.5 Å². The van der Waals surface area contributed by atoms with E-state index in [2.05, 4.69) is 15.2 Å². The molecule has 0 saturated carbocycles. The Labute approximate surface area is 95.1 Å². The van der Waals surface area contributed by atoms with Gasteiger partial charge in [-0.25, -0.2) is 4.98 Å². The Bertz CT molecular complexity index is 654. The summed E-state index contributed by atoms with van der Waals surface area (Å²) in [7, 11) is 0. The molecule has 0 spiro atoms. The van der Waals surface area contributed by atoms with Gasteiger partial charge >= 0.3 is 0 Å². The second-order valence-corrected chi connectivity index (χ2v) is 4.50. The fraction of sp³-hybridized carbons (Fsp3) is 0. The van der Waals surface area contributed by atoms with Crippen LogP contribution in [0.2, 0.25) is 0 Å². The third-order valence-corrected chi connectivity index (χ3v) is 3.21. The van der Waals surface area contributed by atoms with Crippen molar-refractivity contribution in [2.75, 3.05) is 11.5 Å². The van der Waals surface area contributed by atoms with Crippen molar-refractivity contribution in [1.29, 1.82) is 0 Å². The molecule has 0 atom stereocenters. The largest absolute Gasteiger partial charge is 0.396 e. The molecule has 0 aliphatic rings. The van der Waals surface area contributed by atoms with E-state index in [0.717, 1.165) is 21.5 Å². The Morgan fingerprint density at radius 3 is 2.88 bits per heavy atom. The highest BCUT2D eigenvalue weighted by Gasteiger charge is 2.07. The van der Waals surface area contributed by atoms with E-state index in [4.69, 9.17) is 11.5 Å². The molecule has 0 fully saturated rings. The lowest BCUT2D eigenvalue weighted by Gasteiger charge is -1.98. The van der Waals surface area contributed by atoms with Gasteiger partial charge in [-0.3, -0.25) is 5.10 Å². The Kier molecular flexibility index (Phi) is 1.84. The molecule has 1 aromatic carbocycles. The predicted octanol–water partition coefficient (Wildman–Crippen LogP) is 1.85. The third-order valence-electron chi connectivity index (χ3n) is 2.36. The number of nitrogen functional groups attached to an aromatic ring is 2. The first-order valence-corrected chi connectivity index (χ1v) is 5.51. The summed E-state index contributed by atoms with van der Waals surface area (Å²) >= 11 is 1.46. The smallest absolute Gasteiger partial charge is 0.181 e. The van der Waals surface area contributed by atoms with Crippen LogP contribution in [-0.4, -0.2) is 15.2 Å². The molecule has 0 radical (unpaired) electrons.